The number of amides is 2. The molecule has 0 unspecified atom stereocenters. The van der Waals surface area contributed by atoms with Crippen LogP contribution in [-0.4, -0.2) is 49.5 Å². The van der Waals surface area contributed by atoms with E-state index in [1.807, 2.05) is 45.0 Å². The normalized spacial score (nSPS) is 12.7. The molecule has 0 aliphatic rings. The highest BCUT2D eigenvalue weighted by Gasteiger charge is 2.28. The van der Waals surface area contributed by atoms with Crippen LogP contribution in [0.4, 0.5) is 10.1 Å². The minimum Gasteiger partial charge on any atom is -0.350 e. The van der Waals surface area contributed by atoms with Gasteiger partial charge in [-0.3, -0.25) is 13.9 Å². The summed E-state index contributed by atoms with van der Waals surface area (Å²) in [4.78, 5) is 27.6. The van der Waals surface area contributed by atoms with Gasteiger partial charge < -0.3 is 10.2 Å². The molecule has 192 valence electrons. The molecule has 35 heavy (non-hydrogen) atoms. The van der Waals surface area contributed by atoms with Gasteiger partial charge in [0, 0.05) is 29.5 Å². The summed E-state index contributed by atoms with van der Waals surface area (Å²) in [6, 6.07) is 11.9. The van der Waals surface area contributed by atoms with E-state index in [0.29, 0.717) is 5.69 Å². The number of benzene rings is 2. The second-order valence-electron chi connectivity index (χ2n) is 9.48. The Hall–Kier alpha value is -2.46. The minimum absolute atomic E-state index is 0.0386. The summed E-state index contributed by atoms with van der Waals surface area (Å²) in [5.74, 6) is -1.01. The molecule has 0 bridgehead atoms. The molecular weight excluding hydrogens is 537 g/mol. The van der Waals surface area contributed by atoms with E-state index in [0.717, 1.165) is 20.6 Å². The Bertz CT molecular complexity index is 1120. The van der Waals surface area contributed by atoms with Crippen LogP contribution in [0.5, 0.6) is 0 Å². The molecule has 0 saturated heterocycles. The third-order valence-corrected chi connectivity index (χ3v) is 6.92. The predicted octanol–water partition coefficient (Wildman–Crippen LogP) is 4.47. The van der Waals surface area contributed by atoms with Crippen molar-refractivity contribution in [3.8, 4) is 0 Å². The van der Waals surface area contributed by atoms with Crippen molar-refractivity contribution < 1.29 is 22.4 Å². The average molecular weight is 571 g/mol. The molecule has 0 aliphatic heterocycles. The van der Waals surface area contributed by atoms with Crippen molar-refractivity contribution in [3.05, 3.63) is 64.4 Å². The zero-order valence-electron chi connectivity index (χ0n) is 20.7. The molecule has 0 aliphatic carbocycles. The second-order valence-corrected chi connectivity index (χ2v) is 12.3. The number of halogens is 2. The van der Waals surface area contributed by atoms with Crippen LogP contribution in [0, 0.1) is 5.82 Å². The SMILES string of the molecule is C[C@H](C(=O)NC(C)(C)C)N(Cc1ccc(Br)cc1)C(=O)CCCN(c1ccc(F)cc1)S(C)(=O)=O. The maximum atomic E-state index is 13.3. The number of carbonyl (C=O) groups excluding carboxylic acids is 2. The summed E-state index contributed by atoms with van der Waals surface area (Å²) in [6.45, 7) is 7.57. The number of hydrogen-bond donors (Lipinski definition) is 1. The molecule has 2 amide bonds. The van der Waals surface area contributed by atoms with E-state index in [4.69, 9.17) is 0 Å². The van der Waals surface area contributed by atoms with Gasteiger partial charge in [0.05, 0.1) is 11.9 Å². The standard InChI is InChI=1S/C25H33BrFN3O4S/c1-18(24(32)28-25(2,3)4)29(17-19-8-10-20(26)11-9-19)23(31)7-6-16-30(35(5,33)34)22-14-12-21(27)13-15-22/h8-15,18H,6-7,16-17H2,1-5H3,(H,28,32)/t18-/m1/s1. The van der Waals surface area contributed by atoms with E-state index in [-0.39, 0.29) is 37.7 Å². The number of nitrogens with one attached hydrogen (secondary N) is 1. The Kier molecular flexibility index (Phi) is 9.85. The number of hydrogen-bond acceptors (Lipinski definition) is 4. The van der Waals surface area contributed by atoms with Gasteiger partial charge in [0.1, 0.15) is 11.9 Å². The van der Waals surface area contributed by atoms with E-state index in [9.17, 15) is 22.4 Å². The topological polar surface area (TPSA) is 86.8 Å². The highest BCUT2D eigenvalue weighted by Crippen LogP contribution is 2.20. The largest absolute Gasteiger partial charge is 0.350 e. The molecule has 1 atom stereocenters. The number of sulfonamides is 1. The fourth-order valence-electron chi connectivity index (χ4n) is 3.45. The lowest BCUT2D eigenvalue weighted by molar-refractivity contribution is -0.141. The summed E-state index contributed by atoms with van der Waals surface area (Å²) in [7, 11) is -3.63. The summed E-state index contributed by atoms with van der Waals surface area (Å²) >= 11 is 3.39. The van der Waals surface area contributed by atoms with E-state index in [1.54, 1.807) is 6.92 Å². The molecular formula is C25H33BrFN3O4S. The van der Waals surface area contributed by atoms with E-state index >= 15 is 0 Å². The van der Waals surface area contributed by atoms with E-state index in [1.165, 1.54) is 29.2 Å². The quantitative estimate of drug-likeness (QED) is 0.457. The van der Waals surface area contributed by atoms with Gasteiger partial charge in [0.2, 0.25) is 21.8 Å². The number of nitrogens with zero attached hydrogens (tertiary/aromatic N) is 2. The fourth-order valence-corrected chi connectivity index (χ4v) is 4.68. The zero-order chi connectivity index (χ0) is 26.4. The van der Waals surface area contributed by atoms with Crippen molar-refractivity contribution in [1.82, 2.24) is 10.2 Å². The van der Waals surface area contributed by atoms with Crippen LogP contribution in [0.25, 0.3) is 0 Å². The molecule has 2 aromatic carbocycles. The molecule has 1 N–H and O–H groups in total. The monoisotopic (exact) mass is 569 g/mol. The van der Waals surface area contributed by atoms with Gasteiger partial charge in [-0.15, -0.1) is 0 Å². The molecule has 0 radical (unpaired) electrons. The summed E-state index contributed by atoms with van der Waals surface area (Å²) < 4.78 is 39.9. The number of carbonyl (C=O) groups is 2. The van der Waals surface area contributed by atoms with Crippen molar-refractivity contribution in [1.29, 1.82) is 0 Å². The van der Waals surface area contributed by atoms with Gasteiger partial charge in [-0.25, -0.2) is 12.8 Å². The van der Waals surface area contributed by atoms with Crippen LogP contribution >= 0.6 is 15.9 Å². The van der Waals surface area contributed by atoms with E-state index < -0.39 is 27.4 Å². The van der Waals surface area contributed by atoms with Gasteiger partial charge in [-0.1, -0.05) is 28.1 Å². The third-order valence-electron chi connectivity index (χ3n) is 5.20. The zero-order valence-corrected chi connectivity index (χ0v) is 23.1. The van der Waals surface area contributed by atoms with Gasteiger partial charge in [-0.2, -0.15) is 0 Å². The molecule has 0 heterocycles. The highest BCUT2D eigenvalue weighted by atomic mass is 79.9. The van der Waals surface area contributed by atoms with Crippen LogP contribution in [0.1, 0.15) is 46.1 Å². The Labute approximate surface area is 215 Å². The number of anilines is 1. The summed E-state index contributed by atoms with van der Waals surface area (Å²) in [5, 5.41) is 2.91. The van der Waals surface area contributed by atoms with Crippen LogP contribution in [-0.2, 0) is 26.2 Å². The molecule has 7 nitrogen and oxygen atoms in total. The second kappa shape index (κ2) is 12.0. The fraction of sp³-hybridized carbons (Fsp3) is 0.440. The lowest BCUT2D eigenvalue weighted by atomic mass is 10.1. The highest BCUT2D eigenvalue weighted by molar-refractivity contribution is 9.10. The Balaban J connectivity index is 2.17. The lowest BCUT2D eigenvalue weighted by Crippen LogP contribution is -2.52. The van der Waals surface area contributed by atoms with Crippen LogP contribution < -0.4 is 9.62 Å². The lowest BCUT2D eigenvalue weighted by Gasteiger charge is -2.32. The Morgan fingerprint density at radius 1 is 1.06 bits per heavy atom. The predicted molar refractivity (Wildman–Crippen MR) is 140 cm³/mol. The Morgan fingerprint density at radius 3 is 2.14 bits per heavy atom. The minimum atomic E-state index is -3.63. The van der Waals surface area contributed by atoms with Gasteiger partial charge in [0.15, 0.2) is 0 Å². The third kappa shape index (κ3) is 9.25. The van der Waals surface area contributed by atoms with E-state index in [2.05, 4.69) is 21.2 Å². The average Bonchev–Trinajstić information content (AvgIpc) is 2.74. The number of rotatable bonds is 10. The Morgan fingerprint density at radius 2 is 1.63 bits per heavy atom. The molecule has 0 saturated carbocycles. The van der Waals surface area contributed by atoms with Gasteiger partial charge in [0.25, 0.3) is 0 Å². The molecule has 0 fully saturated rings. The summed E-state index contributed by atoms with van der Waals surface area (Å²) in [5.41, 5.74) is 0.732. The van der Waals surface area contributed by atoms with Crippen molar-refractivity contribution in [2.45, 2.75) is 58.7 Å². The first kappa shape index (κ1) is 28.8. The summed E-state index contributed by atoms with van der Waals surface area (Å²) in [6.07, 6.45) is 1.33. The van der Waals surface area contributed by atoms with Gasteiger partial charge >= 0.3 is 0 Å². The molecule has 10 heteroatoms. The van der Waals surface area contributed by atoms with Gasteiger partial charge in [-0.05, 0) is 76.1 Å². The maximum Gasteiger partial charge on any atom is 0.242 e. The van der Waals surface area contributed by atoms with Crippen LogP contribution in [0.3, 0.4) is 0 Å². The van der Waals surface area contributed by atoms with Crippen molar-refractivity contribution >= 4 is 43.5 Å². The van der Waals surface area contributed by atoms with Crippen molar-refractivity contribution in [2.24, 2.45) is 0 Å². The van der Waals surface area contributed by atoms with Crippen molar-refractivity contribution in [2.75, 3.05) is 17.1 Å². The smallest absolute Gasteiger partial charge is 0.242 e. The maximum absolute atomic E-state index is 13.3. The van der Waals surface area contributed by atoms with Crippen LogP contribution in [0.2, 0.25) is 0 Å². The molecule has 2 aromatic rings. The first-order valence-electron chi connectivity index (χ1n) is 11.3. The molecule has 0 spiro atoms. The first-order valence-corrected chi connectivity index (χ1v) is 13.9. The molecule has 0 aromatic heterocycles. The molecule has 2 rings (SSSR count). The first-order chi connectivity index (χ1) is 16.2. The van der Waals surface area contributed by atoms with Crippen LogP contribution in [0.15, 0.2) is 53.0 Å². The van der Waals surface area contributed by atoms with Crippen molar-refractivity contribution in [3.63, 3.8) is 0 Å².